The first-order chi connectivity index (χ1) is 8.31. The third-order valence-corrected chi connectivity index (χ3v) is 2.77. The van der Waals surface area contributed by atoms with Crippen LogP contribution in [0, 0.1) is 0 Å². The molecule has 0 saturated carbocycles. The lowest BCUT2D eigenvalue weighted by Gasteiger charge is -1.97. The molecular weight excluding hydrogens is 218 g/mol. The summed E-state index contributed by atoms with van der Waals surface area (Å²) >= 11 is 0. The van der Waals surface area contributed by atoms with Gasteiger partial charge in [0.15, 0.2) is 5.52 Å². The van der Waals surface area contributed by atoms with Crippen LogP contribution in [0.25, 0.3) is 11.2 Å². The molecule has 2 rings (SSSR count). The van der Waals surface area contributed by atoms with Crippen molar-refractivity contribution in [2.75, 3.05) is 0 Å². The molecule has 2 heterocycles. The van der Waals surface area contributed by atoms with Crippen LogP contribution in [0.2, 0.25) is 0 Å². The van der Waals surface area contributed by atoms with E-state index in [0.717, 1.165) is 18.7 Å². The van der Waals surface area contributed by atoms with Crippen LogP contribution < -0.4 is 5.56 Å². The normalized spacial score (nSPS) is 11.1. The van der Waals surface area contributed by atoms with E-state index >= 15 is 0 Å². The van der Waals surface area contributed by atoms with Crippen molar-refractivity contribution in [3.05, 3.63) is 16.2 Å². The van der Waals surface area contributed by atoms with Crippen LogP contribution in [0.15, 0.2) is 4.79 Å². The molecule has 0 aliphatic carbocycles. The summed E-state index contributed by atoms with van der Waals surface area (Å²) in [6, 6.07) is 0. The number of imidazole rings is 1. The van der Waals surface area contributed by atoms with Gasteiger partial charge in [0.25, 0.3) is 5.56 Å². The maximum Gasteiger partial charge on any atom is 0.293 e. The summed E-state index contributed by atoms with van der Waals surface area (Å²) in [7, 11) is 0. The monoisotopic (exact) mass is 235 g/mol. The summed E-state index contributed by atoms with van der Waals surface area (Å²) in [6.07, 6.45) is 6.94. The Balaban J connectivity index is 1.96. The first-order valence-corrected chi connectivity index (χ1v) is 6.11. The van der Waals surface area contributed by atoms with Crippen LogP contribution in [0.1, 0.15) is 44.9 Å². The van der Waals surface area contributed by atoms with E-state index in [9.17, 15) is 4.79 Å². The molecule has 0 aliphatic heterocycles. The molecule has 92 valence electrons. The van der Waals surface area contributed by atoms with Crippen molar-refractivity contribution in [2.24, 2.45) is 0 Å². The second-order valence-electron chi connectivity index (χ2n) is 4.19. The molecular formula is C11H17N5O. The van der Waals surface area contributed by atoms with Crippen molar-refractivity contribution in [2.45, 2.75) is 45.4 Å². The Kier molecular flexibility index (Phi) is 3.85. The number of fused-ring (bicyclic) bond motifs is 1. The summed E-state index contributed by atoms with van der Waals surface area (Å²) in [6.45, 7) is 2.20. The van der Waals surface area contributed by atoms with E-state index in [1.165, 1.54) is 25.7 Å². The summed E-state index contributed by atoms with van der Waals surface area (Å²) < 4.78 is 0. The van der Waals surface area contributed by atoms with Gasteiger partial charge in [0.2, 0.25) is 5.65 Å². The largest absolute Gasteiger partial charge is 0.336 e. The molecule has 6 heteroatoms. The number of hydrogen-bond acceptors (Lipinski definition) is 4. The third-order valence-electron chi connectivity index (χ3n) is 2.77. The molecule has 17 heavy (non-hydrogen) atoms. The molecule has 0 bridgehead atoms. The van der Waals surface area contributed by atoms with Crippen LogP contribution in [-0.2, 0) is 6.42 Å². The number of unbranched alkanes of at least 4 members (excludes halogenated alkanes) is 4. The van der Waals surface area contributed by atoms with Crippen molar-refractivity contribution in [1.29, 1.82) is 0 Å². The average Bonchev–Trinajstić information content (AvgIpc) is 2.73. The molecule has 0 amide bonds. The van der Waals surface area contributed by atoms with E-state index in [2.05, 4.69) is 32.3 Å². The standard InChI is InChI=1S/C11H17N5O/c1-2-3-4-5-6-7-8-12-9-10(13-8)14-16-15-11(9)17/h2-7H2,1H3,(H2,12,13,14,15,17). The van der Waals surface area contributed by atoms with Gasteiger partial charge >= 0.3 is 0 Å². The highest BCUT2D eigenvalue weighted by Crippen LogP contribution is 2.08. The number of nitrogens with one attached hydrogen (secondary N) is 2. The number of aromatic nitrogens is 5. The number of rotatable bonds is 6. The third kappa shape index (κ3) is 2.89. The van der Waals surface area contributed by atoms with Crippen molar-refractivity contribution in [1.82, 2.24) is 25.4 Å². The summed E-state index contributed by atoms with van der Waals surface area (Å²) in [4.78, 5) is 18.6. The zero-order chi connectivity index (χ0) is 12.1. The van der Waals surface area contributed by atoms with Gasteiger partial charge in [-0.25, -0.2) is 10.1 Å². The molecule has 0 spiro atoms. The van der Waals surface area contributed by atoms with E-state index in [4.69, 9.17) is 0 Å². The van der Waals surface area contributed by atoms with Crippen molar-refractivity contribution in [3.8, 4) is 0 Å². The molecule has 0 aliphatic rings. The lowest BCUT2D eigenvalue weighted by molar-refractivity contribution is 0.625. The Labute approximate surface area is 98.9 Å². The Morgan fingerprint density at radius 1 is 1.18 bits per heavy atom. The van der Waals surface area contributed by atoms with Gasteiger partial charge in [-0.3, -0.25) is 4.79 Å². The number of nitrogens with zero attached hydrogens (tertiary/aromatic N) is 3. The van der Waals surface area contributed by atoms with Gasteiger partial charge in [-0.1, -0.05) is 37.8 Å². The smallest absolute Gasteiger partial charge is 0.293 e. The fourth-order valence-electron chi connectivity index (χ4n) is 1.83. The van der Waals surface area contributed by atoms with Crippen LogP contribution in [-0.4, -0.2) is 25.4 Å². The topological polar surface area (TPSA) is 87.3 Å². The predicted molar refractivity (Wildman–Crippen MR) is 64.8 cm³/mol. The van der Waals surface area contributed by atoms with Gasteiger partial charge < -0.3 is 4.98 Å². The SMILES string of the molecule is CCCCCCCc1nc2nn[nH]c(=O)c2[nH]1. The molecule has 0 aromatic carbocycles. The first-order valence-electron chi connectivity index (χ1n) is 6.11. The first kappa shape index (κ1) is 11.8. The van der Waals surface area contributed by atoms with E-state index < -0.39 is 0 Å². The predicted octanol–water partition coefficient (Wildman–Crippen LogP) is 1.55. The maximum atomic E-state index is 11.4. The molecule has 0 atom stereocenters. The Morgan fingerprint density at radius 2 is 2.00 bits per heavy atom. The maximum absolute atomic E-state index is 11.4. The average molecular weight is 235 g/mol. The molecule has 2 aromatic rings. The second kappa shape index (κ2) is 5.56. The minimum atomic E-state index is -0.264. The lowest BCUT2D eigenvalue weighted by Crippen LogP contribution is -2.09. The zero-order valence-electron chi connectivity index (χ0n) is 9.99. The molecule has 2 N–H and O–H groups in total. The highest BCUT2D eigenvalue weighted by Gasteiger charge is 2.06. The zero-order valence-corrected chi connectivity index (χ0v) is 9.99. The van der Waals surface area contributed by atoms with Crippen molar-refractivity contribution >= 4 is 11.2 Å². The van der Waals surface area contributed by atoms with Crippen LogP contribution in [0.5, 0.6) is 0 Å². The Morgan fingerprint density at radius 3 is 2.76 bits per heavy atom. The van der Waals surface area contributed by atoms with Crippen molar-refractivity contribution < 1.29 is 0 Å². The van der Waals surface area contributed by atoms with E-state index in [1.807, 2.05) is 0 Å². The minimum absolute atomic E-state index is 0.264. The number of hydrogen-bond donors (Lipinski definition) is 2. The molecule has 0 unspecified atom stereocenters. The Bertz CT molecular complexity index is 530. The molecule has 0 saturated heterocycles. The minimum Gasteiger partial charge on any atom is -0.336 e. The van der Waals surface area contributed by atoms with Gasteiger partial charge in [0.05, 0.1) is 0 Å². The van der Waals surface area contributed by atoms with E-state index in [1.54, 1.807) is 0 Å². The quantitative estimate of drug-likeness (QED) is 0.744. The van der Waals surface area contributed by atoms with E-state index in [-0.39, 0.29) is 5.56 Å². The molecule has 0 radical (unpaired) electrons. The van der Waals surface area contributed by atoms with Gasteiger partial charge in [-0.05, 0) is 6.42 Å². The molecule has 0 fully saturated rings. The summed E-state index contributed by atoms with van der Waals surface area (Å²) in [5.41, 5.74) is 0.556. The van der Waals surface area contributed by atoms with Gasteiger partial charge in [-0.2, -0.15) is 0 Å². The van der Waals surface area contributed by atoms with Crippen molar-refractivity contribution in [3.63, 3.8) is 0 Å². The fourth-order valence-corrected chi connectivity index (χ4v) is 1.83. The van der Waals surface area contributed by atoms with Crippen LogP contribution >= 0.6 is 0 Å². The van der Waals surface area contributed by atoms with Gasteiger partial charge in [0.1, 0.15) is 5.82 Å². The van der Waals surface area contributed by atoms with Crippen LogP contribution in [0.4, 0.5) is 0 Å². The molecule has 2 aromatic heterocycles. The molecule has 6 nitrogen and oxygen atoms in total. The summed E-state index contributed by atoms with van der Waals surface area (Å²) in [5, 5.41) is 9.53. The lowest BCUT2D eigenvalue weighted by atomic mass is 10.1. The highest BCUT2D eigenvalue weighted by molar-refractivity contribution is 5.67. The number of aromatic amines is 2. The number of H-pyrrole nitrogens is 2. The fraction of sp³-hybridized carbons (Fsp3) is 0.636. The second-order valence-corrected chi connectivity index (χ2v) is 4.19. The van der Waals surface area contributed by atoms with Gasteiger partial charge in [-0.15, -0.1) is 5.10 Å². The van der Waals surface area contributed by atoms with E-state index in [0.29, 0.717) is 11.2 Å². The van der Waals surface area contributed by atoms with Crippen LogP contribution in [0.3, 0.4) is 0 Å². The summed E-state index contributed by atoms with van der Waals surface area (Å²) in [5.74, 6) is 0.822. The highest BCUT2D eigenvalue weighted by atomic mass is 16.1. The Hall–Kier alpha value is -1.72. The van der Waals surface area contributed by atoms with Gasteiger partial charge in [0, 0.05) is 6.42 Å². The number of aryl methyl sites for hydroxylation is 1.